The number of hydrogen-bond acceptors (Lipinski definition) is 3. The molecule has 3 aromatic rings. The maximum atomic E-state index is 14.4. The topological polar surface area (TPSA) is 38.7 Å². The quantitative estimate of drug-likeness (QED) is 0.637. The van der Waals surface area contributed by atoms with E-state index in [0.29, 0.717) is 11.6 Å². The molecule has 0 radical (unpaired) electrons. The number of benzene rings is 1. The van der Waals surface area contributed by atoms with Gasteiger partial charge in [0.1, 0.15) is 16.7 Å². The van der Waals surface area contributed by atoms with Crippen LogP contribution in [0.1, 0.15) is 11.5 Å². The van der Waals surface area contributed by atoms with Gasteiger partial charge in [-0.2, -0.15) is 8.78 Å². The molecule has 0 saturated carbocycles. The standard InChI is InChI=1S/C14H6Cl2F3N3/c15-9-3-1-2-8-11(9)21-13(22-12(8)16)14(18,19)10-5-4-7(17)6-20-10/h1-6H. The van der Waals surface area contributed by atoms with E-state index in [2.05, 4.69) is 15.0 Å². The van der Waals surface area contributed by atoms with E-state index in [1.54, 1.807) is 12.1 Å². The van der Waals surface area contributed by atoms with Crippen LogP contribution >= 0.6 is 23.2 Å². The van der Waals surface area contributed by atoms with Gasteiger partial charge in [0.25, 0.3) is 0 Å². The predicted octanol–water partition coefficient (Wildman–Crippen LogP) is 4.61. The molecule has 0 aliphatic carbocycles. The van der Waals surface area contributed by atoms with Crippen LogP contribution in [0.5, 0.6) is 0 Å². The average molecular weight is 344 g/mol. The molecule has 0 amide bonds. The molecule has 3 nitrogen and oxygen atoms in total. The fraction of sp³-hybridized carbons (Fsp3) is 0.0714. The summed E-state index contributed by atoms with van der Waals surface area (Å²) in [4.78, 5) is 10.8. The largest absolute Gasteiger partial charge is 0.348 e. The van der Waals surface area contributed by atoms with Crippen molar-refractivity contribution in [2.24, 2.45) is 0 Å². The summed E-state index contributed by atoms with van der Waals surface area (Å²) in [7, 11) is 0. The molecule has 0 bridgehead atoms. The van der Waals surface area contributed by atoms with Gasteiger partial charge in [0, 0.05) is 5.39 Å². The molecule has 22 heavy (non-hydrogen) atoms. The van der Waals surface area contributed by atoms with Gasteiger partial charge in [0.15, 0.2) is 0 Å². The summed E-state index contributed by atoms with van der Waals surface area (Å²) in [6.07, 6.45) is 0.693. The summed E-state index contributed by atoms with van der Waals surface area (Å²) < 4.78 is 41.7. The Kier molecular flexibility index (Phi) is 3.66. The monoisotopic (exact) mass is 343 g/mol. The Balaban J connectivity index is 2.20. The lowest BCUT2D eigenvalue weighted by Crippen LogP contribution is -2.21. The van der Waals surface area contributed by atoms with E-state index in [-0.39, 0.29) is 15.7 Å². The fourth-order valence-corrected chi connectivity index (χ4v) is 2.35. The molecule has 2 heterocycles. The zero-order valence-corrected chi connectivity index (χ0v) is 12.2. The molecule has 0 saturated heterocycles. The summed E-state index contributed by atoms with van der Waals surface area (Å²) in [5.41, 5.74) is -0.572. The van der Waals surface area contributed by atoms with Gasteiger partial charge in [0.05, 0.1) is 16.7 Å². The average Bonchev–Trinajstić information content (AvgIpc) is 2.48. The van der Waals surface area contributed by atoms with Crippen LogP contribution in [0.4, 0.5) is 13.2 Å². The molecule has 3 rings (SSSR count). The molecule has 0 unspecified atom stereocenters. The smallest absolute Gasteiger partial charge is 0.251 e. The van der Waals surface area contributed by atoms with E-state index in [1.807, 2.05) is 0 Å². The molecule has 0 fully saturated rings. The molecule has 0 aliphatic rings. The molecule has 0 spiro atoms. The van der Waals surface area contributed by atoms with Crippen molar-refractivity contribution in [3.63, 3.8) is 0 Å². The van der Waals surface area contributed by atoms with Crippen LogP contribution < -0.4 is 0 Å². The molecule has 1 aromatic carbocycles. The minimum absolute atomic E-state index is 0.112. The first kappa shape index (κ1) is 15.0. The molecule has 2 aromatic heterocycles. The van der Waals surface area contributed by atoms with Crippen LogP contribution in [0.3, 0.4) is 0 Å². The van der Waals surface area contributed by atoms with E-state index >= 15 is 0 Å². The van der Waals surface area contributed by atoms with Crippen LogP contribution in [0, 0.1) is 5.82 Å². The maximum Gasteiger partial charge on any atom is 0.348 e. The lowest BCUT2D eigenvalue weighted by atomic mass is 10.2. The number of hydrogen-bond donors (Lipinski definition) is 0. The van der Waals surface area contributed by atoms with Crippen LogP contribution in [0.15, 0.2) is 36.5 Å². The fourth-order valence-electron chi connectivity index (χ4n) is 1.90. The van der Waals surface area contributed by atoms with Gasteiger partial charge in [-0.25, -0.2) is 14.4 Å². The van der Waals surface area contributed by atoms with Crippen molar-refractivity contribution in [2.75, 3.05) is 0 Å². The highest BCUT2D eigenvalue weighted by Gasteiger charge is 2.40. The number of fused-ring (bicyclic) bond motifs is 1. The van der Waals surface area contributed by atoms with Crippen molar-refractivity contribution >= 4 is 34.1 Å². The zero-order valence-electron chi connectivity index (χ0n) is 10.7. The third-order valence-electron chi connectivity index (χ3n) is 2.96. The number of pyridine rings is 1. The third-order valence-corrected chi connectivity index (χ3v) is 3.55. The Hall–Kier alpha value is -1.92. The highest BCUT2D eigenvalue weighted by Crippen LogP contribution is 2.35. The Labute approximate surface area is 132 Å². The second kappa shape index (κ2) is 5.37. The Morgan fingerprint density at radius 2 is 1.77 bits per heavy atom. The van der Waals surface area contributed by atoms with Gasteiger partial charge in [0.2, 0.25) is 5.82 Å². The third kappa shape index (κ3) is 2.48. The number of aromatic nitrogens is 3. The molecule has 8 heteroatoms. The van der Waals surface area contributed by atoms with Crippen molar-refractivity contribution in [3.8, 4) is 0 Å². The SMILES string of the molecule is Fc1ccc(C(F)(F)c2nc(Cl)c3cccc(Cl)c3n2)nc1. The molecular formula is C14H6Cl2F3N3. The van der Waals surface area contributed by atoms with Crippen molar-refractivity contribution < 1.29 is 13.2 Å². The molecule has 0 N–H and O–H groups in total. The second-order valence-electron chi connectivity index (χ2n) is 4.41. The van der Waals surface area contributed by atoms with E-state index < -0.39 is 23.3 Å². The first-order chi connectivity index (χ1) is 10.4. The minimum Gasteiger partial charge on any atom is -0.251 e. The Morgan fingerprint density at radius 1 is 1.00 bits per heavy atom. The molecule has 0 aliphatic heterocycles. The first-order valence-electron chi connectivity index (χ1n) is 6.01. The van der Waals surface area contributed by atoms with Gasteiger partial charge in [-0.05, 0) is 24.3 Å². The van der Waals surface area contributed by atoms with E-state index in [4.69, 9.17) is 23.2 Å². The van der Waals surface area contributed by atoms with E-state index in [1.165, 1.54) is 6.07 Å². The number of alkyl halides is 2. The molecular weight excluding hydrogens is 338 g/mol. The molecule has 112 valence electrons. The summed E-state index contributed by atoms with van der Waals surface area (Å²) >= 11 is 11.9. The van der Waals surface area contributed by atoms with Gasteiger partial charge in [-0.3, -0.25) is 4.98 Å². The normalized spacial score (nSPS) is 11.9. The summed E-state index contributed by atoms with van der Waals surface area (Å²) in [6, 6.07) is 6.43. The van der Waals surface area contributed by atoms with Gasteiger partial charge >= 0.3 is 5.92 Å². The number of para-hydroxylation sites is 1. The lowest BCUT2D eigenvalue weighted by Gasteiger charge is -2.15. The summed E-state index contributed by atoms with van der Waals surface area (Å²) in [6.45, 7) is 0. The van der Waals surface area contributed by atoms with Crippen LogP contribution in [-0.4, -0.2) is 15.0 Å². The van der Waals surface area contributed by atoms with E-state index in [0.717, 1.165) is 12.1 Å². The minimum atomic E-state index is -3.63. The first-order valence-corrected chi connectivity index (χ1v) is 6.77. The number of nitrogens with zero attached hydrogens (tertiary/aromatic N) is 3. The van der Waals surface area contributed by atoms with Crippen molar-refractivity contribution in [3.05, 3.63) is 64.0 Å². The van der Waals surface area contributed by atoms with Gasteiger partial charge in [-0.15, -0.1) is 0 Å². The van der Waals surface area contributed by atoms with Crippen molar-refractivity contribution in [1.82, 2.24) is 15.0 Å². The highest BCUT2D eigenvalue weighted by molar-refractivity contribution is 6.38. The van der Waals surface area contributed by atoms with Crippen molar-refractivity contribution in [1.29, 1.82) is 0 Å². The molecule has 0 atom stereocenters. The van der Waals surface area contributed by atoms with Crippen LogP contribution in [0.25, 0.3) is 10.9 Å². The van der Waals surface area contributed by atoms with Gasteiger partial charge in [-0.1, -0.05) is 29.3 Å². The number of rotatable bonds is 2. The van der Waals surface area contributed by atoms with Crippen LogP contribution in [0.2, 0.25) is 10.2 Å². The summed E-state index contributed by atoms with van der Waals surface area (Å²) in [5, 5.41) is 0.385. The maximum absolute atomic E-state index is 14.4. The second-order valence-corrected chi connectivity index (χ2v) is 5.18. The van der Waals surface area contributed by atoms with Crippen LogP contribution in [-0.2, 0) is 5.92 Å². The zero-order chi connectivity index (χ0) is 15.9. The highest BCUT2D eigenvalue weighted by atomic mass is 35.5. The Morgan fingerprint density at radius 3 is 2.45 bits per heavy atom. The lowest BCUT2D eigenvalue weighted by molar-refractivity contribution is 0.0284. The van der Waals surface area contributed by atoms with Crippen molar-refractivity contribution in [2.45, 2.75) is 5.92 Å². The number of halogens is 5. The summed E-state index contributed by atoms with van der Waals surface area (Å²) in [5.74, 6) is -5.21. The van der Waals surface area contributed by atoms with Gasteiger partial charge < -0.3 is 0 Å². The van der Waals surface area contributed by atoms with E-state index in [9.17, 15) is 13.2 Å². The predicted molar refractivity (Wildman–Crippen MR) is 76.7 cm³/mol. The Bertz CT molecular complexity index is 854.